The number of imide groups is 2. The van der Waals surface area contributed by atoms with Crippen molar-refractivity contribution in [1.29, 1.82) is 0 Å². The van der Waals surface area contributed by atoms with Crippen molar-refractivity contribution < 1.29 is 46.7 Å². The van der Waals surface area contributed by atoms with E-state index in [2.05, 4.69) is 35.4 Å². The molecule has 0 bridgehead atoms. The molecule has 4 saturated heterocycles. The highest BCUT2D eigenvalue weighted by molar-refractivity contribution is 6.25. The molecular formula is C45H49F3N10O7. The summed E-state index contributed by atoms with van der Waals surface area (Å²) in [6.45, 7) is 7.57. The lowest BCUT2D eigenvalue weighted by atomic mass is 9.71. The molecule has 1 unspecified atom stereocenters. The van der Waals surface area contributed by atoms with Crippen LogP contribution in [0.2, 0.25) is 0 Å². The average Bonchev–Trinajstić information content (AvgIpc) is 3.82. The van der Waals surface area contributed by atoms with Gasteiger partial charge in [-0.3, -0.25) is 53.5 Å². The Morgan fingerprint density at radius 1 is 0.877 bits per heavy atom. The predicted octanol–water partition coefficient (Wildman–Crippen LogP) is 3.64. The maximum Gasteiger partial charge on any atom is 0.433 e. The number of carbonyl (C=O) groups excluding carboxylic acids is 6. The van der Waals surface area contributed by atoms with Gasteiger partial charge in [0.05, 0.1) is 48.2 Å². The molecule has 5 aliphatic heterocycles. The number of benzene rings is 2. The Morgan fingerprint density at radius 2 is 1.58 bits per heavy atom. The number of anilines is 2. The highest BCUT2D eigenvalue weighted by Gasteiger charge is 2.47. The summed E-state index contributed by atoms with van der Waals surface area (Å²) >= 11 is 0. The van der Waals surface area contributed by atoms with Gasteiger partial charge in [0.2, 0.25) is 17.7 Å². The van der Waals surface area contributed by atoms with Crippen LogP contribution < -0.4 is 20.3 Å². The smallest absolute Gasteiger partial charge is 0.433 e. The molecule has 65 heavy (non-hydrogen) atoms. The number of carbonyl (C=O) groups is 6. The van der Waals surface area contributed by atoms with E-state index in [0.29, 0.717) is 67.2 Å². The van der Waals surface area contributed by atoms with Gasteiger partial charge in [-0.25, -0.2) is 4.98 Å². The summed E-state index contributed by atoms with van der Waals surface area (Å²) in [7, 11) is 1.43. The Balaban J connectivity index is 0.720. The van der Waals surface area contributed by atoms with E-state index in [1.165, 1.54) is 13.2 Å². The lowest BCUT2D eigenvalue weighted by molar-refractivity contribution is -0.141. The third-order valence-corrected chi connectivity index (χ3v) is 13.7. The molecule has 4 fully saturated rings. The maximum absolute atomic E-state index is 13.7. The molecule has 5 aliphatic rings. The molecule has 9 rings (SSSR count). The lowest BCUT2D eigenvalue weighted by Gasteiger charge is -2.48. The van der Waals surface area contributed by atoms with Crippen LogP contribution in [-0.2, 0) is 27.1 Å². The number of pyridine rings is 1. The first-order chi connectivity index (χ1) is 31.2. The molecule has 2 aromatic heterocycles. The van der Waals surface area contributed by atoms with Crippen molar-refractivity contribution in [3.63, 3.8) is 0 Å². The van der Waals surface area contributed by atoms with Gasteiger partial charge in [0.15, 0.2) is 0 Å². The van der Waals surface area contributed by atoms with Crippen LogP contribution in [0, 0.1) is 5.41 Å². The van der Waals surface area contributed by atoms with Crippen molar-refractivity contribution in [1.82, 2.24) is 39.7 Å². The number of aromatic nitrogens is 3. The average molecular weight is 899 g/mol. The number of hydrogen-bond acceptors (Lipinski definition) is 12. The number of piperidine rings is 3. The summed E-state index contributed by atoms with van der Waals surface area (Å²) in [5.74, 6) is -2.43. The van der Waals surface area contributed by atoms with Gasteiger partial charge in [0.1, 0.15) is 23.2 Å². The molecule has 20 heteroatoms. The first kappa shape index (κ1) is 43.8. The highest BCUT2D eigenvalue weighted by Crippen LogP contribution is 2.44. The first-order valence-corrected chi connectivity index (χ1v) is 21.9. The van der Waals surface area contributed by atoms with Crippen LogP contribution in [0.1, 0.15) is 75.4 Å². The van der Waals surface area contributed by atoms with Crippen molar-refractivity contribution in [2.45, 2.75) is 57.3 Å². The molecule has 2 aromatic carbocycles. The fourth-order valence-corrected chi connectivity index (χ4v) is 9.81. The number of rotatable bonds is 10. The quantitative estimate of drug-likeness (QED) is 0.221. The summed E-state index contributed by atoms with van der Waals surface area (Å²) in [6, 6.07) is 10.7. The van der Waals surface area contributed by atoms with Gasteiger partial charge in [0.25, 0.3) is 17.7 Å². The molecule has 0 saturated carbocycles. The summed E-state index contributed by atoms with van der Waals surface area (Å²) in [4.78, 5) is 90.9. The van der Waals surface area contributed by atoms with Gasteiger partial charge < -0.3 is 19.9 Å². The predicted molar refractivity (Wildman–Crippen MR) is 229 cm³/mol. The Labute approximate surface area is 371 Å². The number of ether oxygens (including phenoxy) is 1. The Hall–Kier alpha value is -6.41. The zero-order valence-corrected chi connectivity index (χ0v) is 35.9. The minimum atomic E-state index is -4.69. The molecule has 2 N–H and O–H groups in total. The van der Waals surface area contributed by atoms with E-state index in [4.69, 9.17) is 4.74 Å². The largest absolute Gasteiger partial charge is 0.494 e. The van der Waals surface area contributed by atoms with Crippen LogP contribution in [0.3, 0.4) is 0 Å². The van der Waals surface area contributed by atoms with Crippen LogP contribution in [0.15, 0.2) is 54.7 Å². The number of fused-ring (bicyclic) bond motifs is 2. The van der Waals surface area contributed by atoms with Crippen LogP contribution in [0.5, 0.6) is 5.75 Å². The fourth-order valence-electron chi connectivity index (χ4n) is 9.81. The van der Waals surface area contributed by atoms with Gasteiger partial charge in [-0.05, 0) is 67.9 Å². The van der Waals surface area contributed by atoms with E-state index in [0.717, 1.165) is 75.4 Å². The molecule has 7 heterocycles. The van der Waals surface area contributed by atoms with Crippen molar-refractivity contribution in [2.24, 2.45) is 5.41 Å². The third kappa shape index (κ3) is 8.88. The number of halogens is 3. The molecule has 342 valence electrons. The zero-order valence-electron chi connectivity index (χ0n) is 35.9. The number of nitrogens with zero attached hydrogens (tertiary/aromatic N) is 8. The second-order valence-corrected chi connectivity index (χ2v) is 17.5. The number of amides is 6. The van der Waals surface area contributed by atoms with Crippen LogP contribution >= 0.6 is 0 Å². The van der Waals surface area contributed by atoms with Crippen LogP contribution in [0.4, 0.5) is 24.5 Å². The number of likely N-dealkylation sites (tertiary alicyclic amines) is 1. The number of nitrogens with one attached hydrogen (secondary N) is 2. The Morgan fingerprint density at radius 3 is 2.29 bits per heavy atom. The van der Waals surface area contributed by atoms with Gasteiger partial charge in [-0.15, -0.1) is 0 Å². The molecule has 0 aliphatic carbocycles. The van der Waals surface area contributed by atoms with Gasteiger partial charge in [-0.2, -0.15) is 18.3 Å². The van der Waals surface area contributed by atoms with E-state index in [-0.39, 0.29) is 41.1 Å². The summed E-state index contributed by atoms with van der Waals surface area (Å²) in [6.07, 6.45) is 0.915. The summed E-state index contributed by atoms with van der Waals surface area (Å²) in [5.41, 5.74) is 0.733. The van der Waals surface area contributed by atoms with Crippen molar-refractivity contribution in [3.8, 4) is 5.75 Å². The molecule has 4 aromatic rings. The number of methoxy groups -OCH3 is 1. The van der Waals surface area contributed by atoms with Gasteiger partial charge >= 0.3 is 6.18 Å². The zero-order chi connectivity index (χ0) is 45.6. The van der Waals surface area contributed by atoms with Crippen molar-refractivity contribution >= 4 is 57.7 Å². The van der Waals surface area contributed by atoms with Gasteiger partial charge in [0, 0.05) is 83.0 Å². The van der Waals surface area contributed by atoms with E-state index in [9.17, 15) is 41.9 Å². The Bertz CT molecular complexity index is 2560. The van der Waals surface area contributed by atoms with Crippen molar-refractivity contribution in [2.75, 3.05) is 82.8 Å². The third-order valence-electron chi connectivity index (χ3n) is 13.7. The summed E-state index contributed by atoms with van der Waals surface area (Å²) in [5, 5.41) is 10.2. The van der Waals surface area contributed by atoms with E-state index in [1.54, 1.807) is 24.3 Å². The summed E-state index contributed by atoms with van der Waals surface area (Å²) < 4.78 is 46.8. The maximum atomic E-state index is 13.7. The number of piperazine rings is 1. The van der Waals surface area contributed by atoms with E-state index >= 15 is 0 Å². The van der Waals surface area contributed by atoms with E-state index in [1.807, 2.05) is 21.8 Å². The highest BCUT2D eigenvalue weighted by atomic mass is 19.4. The molecule has 1 spiro atoms. The standard InChI is InChI=1S/C45H49F3N10O7/c1-65-35-25-31-28(24-32(35)50-40(61)30-5-3-7-36(49-30)45(46,47)48)26-57(52-31)23-22-53-18-20-54(21-19-53)27-38(60)56-16-12-44(13-17-56)10-14-55(15-11-44)33-6-2-4-29-39(33)43(64)58(42(29)63)34-8-9-37(59)51-41(34)62/h2-7,24-26,34H,8-23,27H2,1H3,(H,50,61)(H,51,59,62). The molecule has 0 radical (unpaired) electrons. The molecular weight excluding hydrogens is 850 g/mol. The normalized spacial score (nSPS) is 20.7. The molecule has 6 amide bonds. The van der Waals surface area contributed by atoms with Gasteiger partial charge in [-0.1, -0.05) is 12.1 Å². The monoisotopic (exact) mass is 898 g/mol. The topological polar surface area (TPSA) is 183 Å². The minimum Gasteiger partial charge on any atom is -0.494 e. The second-order valence-electron chi connectivity index (χ2n) is 17.5. The Kier molecular flexibility index (Phi) is 11.8. The minimum absolute atomic E-state index is 0.0644. The second kappa shape index (κ2) is 17.5. The van der Waals surface area contributed by atoms with E-state index < -0.39 is 47.4 Å². The molecule has 17 nitrogen and oxygen atoms in total. The SMILES string of the molecule is COc1cc2nn(CCN3CCN(CC(=O)N4CCC5(CC4)CCN(c4cccc6c4C(=O)N(C4CCC(=O)NC4=O)C6=O)CC5)CC3)cc2cc1NC(=O)c1cccc(C(F)(F)F)n1. The van der Waals surface area contributed by atoms with Crippen molar-refractivity contribution in [3.05, 3.63) is 77.2 Å². The number of hydrogen-bond donors (Lipinski definition) is 2. The number of alkyl halides is 3. The lowest BCUT2D eigenvalue weighted by Crippen LogP contribution is -2.54. The van der Waals surface area contributed by atoms with Crippen LogP contribution in [0.25, 0.3) is 10.9 Å². The first-order valence-electron chi connectivity index (χ1n) is 21.9. The fraction of sp³-hybridized carbons (Fsp3) is 0.467. The van der Waals surface area contributed by atoms with Crippen LogP contribution in [-0.4, -0.2) is 148 Å². The molecule has 1 atom stereocenters.